The molecule has 0 radical (unpaired) electrons. The van der Waals surface area contributed by atoms with E-state index in [2.05, 4.69) is 13.8 Å². The van der Waals surface area contributed by atoms with Crippen molar-refractivity contribution in [2.24, 2.45) is 5.73 Å². The second kappa shape index (κ2) is 5.51. The summed E-state index contributed by atoms with van der Waals surface area (Å²) < 4.78 is 0. The molecule has 0 fully saturated rings. The van der Waals surface area contributed by atoms with E-state index in [1.54, 1.807) is 12.1 Å². The van der Waals surface area contributed by atoms with Crippen molar-refractivity contribution in [3.05, 3.63) is 29.8 Å². The first kappa shape index (κ1) is 14.5. The average molecular weight is 230 g/mol. The minimum atomic E-state index is -1.40. The normalized spacial score (nSPS) is 10.7. The van der Waals surface area contributed by atoms with E-state index >= 15 is 0 Å². The molecule has 0 aliphatic carbocycles. The number of nitrogens with two attached hydrogens (primary N) is 1. The molecule has 0 unspecified atom stereocenters. The molecular weight excluding hydrogens is 212 g/mol. The van der Waals surface area contributed by atoms with Crippen LogP contribution in [-0.2, 0) is 5.41 Å². The SMILES string of the molecule is CC(C)(CN)c1ccc(B(O)O)cc1.Cl. The molecule has 0 atom stereocenters. The highest BCUT2D eigenvalue weighted by molar-refractivity contribution is 6.58. The zero-order valence-electron chi connectivity index (χ0n) is 8.97. The average Bonchev–Trinajstić information content (AvgIpc) is 2.18. The van der Waals surface area contributed by atoms with Gasteiger partial charge in [-0.1, -0.05) is 38.1 Å². The van der Waals surface area contributed by atoms with Crippen LogP contribution in [0.3, 0.4) is 0 Å². The summed E-state index contributed by atoms with van der Waals surface area (Å²) in [6.07, 6.45) is 0. The van der Waals surface area contributed by atoms with Crippen LogP contribution in [0, 0.1) is 0 Å². The predicted molar refractivity (Wildman–Crippen MR) is 65.6 cm³/mol. The molecule has 0 saturated heterocycles. The fraction of sp³-hybridized carbons (Fsp3) is 0.400. The number of halogens is 1. The van der Waals surface area contributed by atoms with E-state index < -0.39 is 7.12 Å². The Labute approximate surface area is 96.9 Å². The van der Waals surface area contributed by atoms with Gasteiger partial charge in [0.2, 0.25) is 0 Å². The molecule has 1 rings (SSSR count). The molecular formula is C10H17BClNO2. The molecule has 84 valence electrons. The van der Waals surface area contributed by atoms with Crippen molar-refractivity contribution in [3.63, 3.8) is 0 Å². The lowest BCUT2D eigenvalue weighted by molar-refractivity contribution is 0.425. The van der Waals surface area contributed by atoms with E-state index in [1.165, 1.54) is 0 Å². The van der Waals surface area contributed by atoms with Crippen LogP contribution in [-0.4, -0.2) is 23.7 Å². The van der Waals surface area contributed by atoms with E-state index in [1.807, 2.05) is 12.1 Å². The molecule has 0 aliphatic heterocycles. The second-order valence-corrected chi connectivity index (χ2v) is 4.08. The molecule has 0 spiro atoms. The van der Waals surface area contributed by atoms with Crippen molar-refractivity contribution in [2.75, 3.05) is 6.54 Å². The molecule has 0 amide bonds. The molecule has 1 aromatic rings. The number of rotatable bonds is 3. The quantitative estimate of drug-likeness (QED) is 0.641. The van der Waals surface area contributed by atoms with Gasteiger partial charge >= 0.3 is 7.12 Å². The number of hydrogen-bond acceptors (Lipinski definition) is 3. The van der Waals surface area contributed by atoms with E-state index in [0.29, 0.717) is 12.0 Å². The first-order chi connectivity index (χ1) is 6.47. The lowest BCUT2D eigenvalue weighted by atomic mass is 9.77. The van der Waals surface area contributed by atoms with Crippen LogP contribution >= 0.6 is 12.4 Å². The van der Waals surface area contributed by atoms with Gasteiger partial charge < -0.3 is 15.8 Å². The summed E-state index contributed by atoms with van der Waals surface area (Å²) >= 11 is 0. The minimum absolute atomic E-state index is 0. The Kier molecular flexibility index (Phi) is 5.31. The van der Waals surface area contributed by atoms with Crippen LogP contribution in [0.15, 0.2) is 24.3 Å². The molecule has 15 heavy (non-hydrogen) atoms. The Morgan fingerprint density at radius 3 is 2.00 bits per heavy atom. The van der Waals surface area contributed by atoms with Gasteiger partial charge in [0.25, 0.3) is 0 Å². The highest BCUT2D eigenvalue weighted by Gasteiger charge is 2.19. The largest absolute Gasteiger partial charge is 0.488 e. The maximum absolute atomic E-state index is 8.91. The summed E-state index contributed by atoms with van der Waals surface area (Å²) in [5.41, 5.74) is 7.17. The van der Waals surface area contributed by atoms with Crippen molar-refractivity contribution < 1.29 is 10.0 Å². The summed E-state index contributed by atoms with van der Waals surface area (Å²) in [5, 5.41) is 17.8. The van der Waals surface area contributed by atoms with Crippen LogP contribution in [0.5, 0.6) is 0 Å². The maximum Gasteiger partial charge on any atom is 0.488 e. The monoisotopic (exact) mass is 229 g/mol. The van der Waals surface area contributed by atoms with Crippen molar-refractivity contribution in [2.45, 2.75) is 19.3 Å². The smallest absolute Gasteiger partial charge is 0.423 e. The van der Waals surface area contributed by atoms with Gasteiger partial charge in [-0.3, -0.25) is 0 Å². The van der Waals surface area contributed by atoms with E-state index in [9.17, 15) is 0 Å². The molecule has 0 saturated carbocycles. The fourth-order valence-electron chi connectivity index (χ4n) is 1.22. The zero-order chi connectivity index (χ0) is 10.8. The van der Waals surface area contributed by atoms with E-state index in [-0.39, 0.29) is 17.8 Å². The number of benzene rings is 1. The van der Waals surface area contributed by atoms with Crippen LogP contribution in [0.4, 0.5) is 0 Å². The van der Waals surface area contributed by atoms with Gasteiger partial charge in [0.05, 0.1) is 0 Å². The third-order valence-electron chi connectivity index (χ3n) is 2.50. The lowest BCUT2D eigenvalue weighted by Crippen LogP contribution is -2.32. The van der Waals surface area contributed by atoms with Gasteiger partial charge in [0.15, 0.2) is 0 Å². The summed E-state index contributed by atoms with van der Waals surface area (Å²) in [5.74, 6) is 0. The third-order valence-corrected chi connectivity index (χ3v) is 2.50. The summed E-state index contributed by atoms with van der Waals surface area (Å²) in [4.78, 5) is 0. The highest BCUT2D eigenvalue weighted by atomic mass is 35.5. The lowest BCUT2D eigenvalue weighted by Gasteiger charge is -2.23. The minimum Gasteiger partial charge on any atom is -0.423 e. The van der Waals surface area contributed by atoms with Crippen LogP contribution < -0.4 is 11.2 Å². The highest BCUT2D eigenvalue weighted by Crippen LogP contribution is 2.20. The predicted octanol–water partition coefficient (Wildman–Crippen LogP) is 0.0245. The van der Waals surface area contributed by atoms with Crippen LogP contribution in [0.25, 0.3) is 0 Å². The number of hydrogen-bond donors (Lipinski definition) is 3. The van der Waals surface area contributed by atoms with Crippen LogP contribution in [0.1, 0.15) is 19.4 Å². The standard InChI is InChI=1S/C10H16BNO2.ClH/c1-10(2,7-12)8-3-5-9(6-4-8)11(13)14;/h3-6,13-14H,7,12H2,1-2H3;1H. The van der Waals surface area contributed by atoms with Crippen LogP contribution in [0.2, 0.25) is 0 Å². The van der Waals surface area contributed by atoms with E-state index in [0.717, 1.165) is 5.56 Å². The van der Waals surface area contributed by atoms with Gasteiger partial charge in [-0.05, 0) is 11.0 Å². The molecule has 1 aromatic carbocycles. The molecule has 3 nitrogen and oxygen atoms in total. The Bertz CT molecular complexity index is 301. The zero-order valence-corrected chi connectivity index (χ0v) is 9.79. The second-order valence-electron chi connectivity index (χ2n) is 4.08. The third kappa shape index (κ3) is 3.50. The molecule has 0 aromatic heterocycles. The van der Waals surface area contributed by atoms with Crippen molar-refractivity contribution >= 4 is 25.0 Å². The topological polar surface area (TPSA) is 66.5 Å². The molecule has 5 heteroatoms. The maximum atomic E-state index is 8.91. The van der Waals surface area contributed by atoms with E-state index in [4.69, 9.17) is 15.8 Å². The van der Waals surface area contributed by atoms with Crippen molar-refractivity contribution in [1.82, 2.24) is 0 Å². The first-order valence-corrected chi connectivity index (χ1v) is 4.64. The summed E-state index contributed by atoms with van der Waals surface area (Å²) in [7, 11) is -1.40. The molecule has 0 aliphatic rings. The molecule has 0 heterocycles. The fourth-order valence-corrected chi connectivity index (χ4v) is 1.22. The Morgan fingerprint density at radius 2 is 1.67 bits per heavy atom. The Hall–Kier alpha value is -0.545. The van der Waals surface area contributed by atoms with Gasteiger partial charge in [0, 0.05) is 12.0 Å². The van der Waals surface area contributed by atoms with Crippen molar-refractivity contribution in [3.8, 4) is 0 Å². The molecule has 4 N–H and O–H groups in total. The van der Waals surface area contributed by atoms with Gasteiger partial charge in [-0.25, -0.2) is 0 Å². The molecule has 0 bridgehead atoms. The Morgan fingerprint density at radius 1 is 1.20 bits per heavy atom. The Balaban J connectivity index is 0.00000196. The van der Waals surface area contributed by atoms with Crippen molar-refractivity contribution in [1.29, 1.82) is 0 Å². The summed E-state index contributed by atoms with van der Waals surface area (Å²) in [6.45, 7) is 4.67. The van der Waals surface area contributed by atoms with Gasteiger partial charge in [0.1, 0.15) is 0 Å². The van der Waals surface area contributed by atoms with Gasteiger partial charge in [-0.2, -0.15) is 0 Å². The summed E-state index contributed by atoms with van der Waals surface area (Å²) in [6, 6.07) is 7.16. The van der Waals surface area contributed by atoms with Gasteiger partial charge in [-0.15, -0.1) is 12.4 Å². The first-order valence-electron chi connectivity index (χ1n) is 4.64.